The van der Waals surface area contributed by atoms with Crippen molar-refractivity contribution in [1.29, 1.82) is 0 Å². The van der Waals surface area contributed by atoms with Gasteiger partial charge in [-0.15, -0.1) is 15.3 Å². The predicted molar refractivity (Wildman–Crippen MR) is 90.9 cm³/mol. The maximum atomic E-state index is 12.7. The molecule has 2 bridgehead atoms. The Hall–Kier alpha value is -2.27. The molecular weight excluding hydrogens is 360 g/mol. The molecule has 3 saturated heterocycles. The van der Waals surface area contributed by atoms with Crippen LogP contribution in [0.2, 0.25) is 0 Å². The van der Waals surface area contributed by atoms with Gasteiger partial charge < -0.3 is 9.64 Å². The smallest absolute Gasteiger partial charge is 0.260 e. The van der Waals surface area contributed by atoms with Crippen LogP contribution in [0.1, 0.15) is 12.8 Å². The van der Waals surface area contributed by atoms with Gasteiger partial charge in [0.25, 0.3) is 5.91 Å². The first-order valence-electron chi connectivity index (χ1n) is 8.44. The largest absolute Gasteiger partial charge is 0.467 e. The Morgan fingerprint density at radius 2 is 2.12 bits per heavy atom. The van der Waals surface area contributed by atoms with Crippen LogP contribution in [-0.2, 0) is 14.8 Å². The third kappa shape index (κ3) is 3.36. The molecule has 2 atom stereocenters. The van der Waals surface area contributed by atoms with Gasteiger partial charge in [-0.2, -0.15) is 8.82 Å². The third-order valence-electron chi connectivity index (χ3n) is 4.95. The highest BCUT2D eigenvalue weighted by molar-refractivity contribution is 7.88. The first-order chi connectivity index (χ1) is 12.4. The lowest BCUT2D eigenvalue weighted by molar-refractivity contribution is -0.137. The summed E-state index contributed by atoms with van der Waals surface area (Å²) in [5.41, 5.74) is 0.592. The van der Waals surface area contributed by atoms with Crippen molar-refractivity contribution in [2.45, 2.75) is 18.9 Å². The van der Waals surface area contributed by atoms with E-state index in [9.17, 15) is 13.2 Å². The van der Waals surface area contributed by atoms with Crippen LogP contribution in [0.5, 0.6) is 5.88 Å². The van der Waals surface area contributed by atoms with Crippen LogP contribution in [0.25, 0.3) is 5.65 Å². The Labute approximate surface area is 150 Å². The molecule has 2 aromatic rings. The summed E-state index contributed by atoms with van der Waals surface area (Å²) in [4.78, 5) is 14.4. The first-order valence-corrected chi connectivity index (χ1v) is 10.3. The molecule has 3 aliphatic rings. The number of carbonyl (C=O) groups excluding carboxylic acids is 1. The van der Waals surface area contributed by atoms with Crippen molar-refractivity contribution >= 4 is 21.6 Å². The molecule has 10 nitrogen and oxygen atoms in total. The second-order valence-corrected chi connectivity index (χ2v) is 8.80. The lowest BCUT2D eigenvalue weighted by atomic mass is 9.95. The van der Waals surface area contributed by atoms with Crippen molar-refractivity contribution in [2.75, 3.05) is 32.5 Å². The topological polar surface area (TPSA) is 110 Å². The van der Waals surface area contributed by atoms with Crippen LogP contribution in [0.3, 0.4) is 0 Å². The SMILES string of the molecule is CS(=O)(=O)N1C[C@@H]2CC[C@H](C1)N(C(=O)COc1ccc3nncn3n1)C2. The van der Waals surface area contributed by atoms with Gasteiger partial charge in [-0.1, -0.05) is 0 Å². The predicted octanol–water partition coefficient (Wildman–Crippen LogP) is -0.614. The van der Waals surface area contributed by atoms with Gasteiger partial charge in [0.05, 0.1) is 6.26 Å². The number of rotatable bonds is 4. The van der Waals surface area contributed by atoms with E-state index < -0.39 is 10.0 Å². The molecule has 5 rings (SSSR count). The van der Waals surface area contributed by atoms with E-state index in [0.717, 1.165) is 12.8 Å². The fraction of sp³-hybridized carbons (Fsp3) is 0.600. The van der Waals surface area contributed by atoms with Crippen molar-refractivity contribution in [2.24, 2.45) is 5.92 Å². The van der Waals surface area contributed by atoms with Gasteiger partial charge in [-0.3, -0.25) is 4.79 Å². The maximum absolute atomic E-state index is 12.7. The van der Waals surface area contributed by atoms with Crippen molar-refractivity contribution in [3.63, 3.8) is 0 Å². The van der Waals surface area contributed by atoms with Crippen molar-refractivity contribution in [1.82, 2.24) is 29.0 Å². The fourth-order valence-electron chi connectivity index (χ4n) is 3.62. The van der Waals surface area contributed by atoms with E-state index in [1.54, 1.807) is 17.0 Å². The van der Waals surface area contributed by atoms with Crippen LogP contribution in [0.15, 0.2) is 18.5 Å². The van der Waals surface area contributed by atoms with Gasteiger partial charge in [-0.25, -0.2) is 8.42 Å². The van der Waals surface area contributed by atoms with E-state index in [-0.39, 0.29) is 24.5 Å². The van der Waals surface area contributed by atoms with Gasteiger partial charge in [0.15, 0.2) is 12.3 Å². The Balaban J connectivity index is 1.43. The molecule has 0 aromatic carbocycles. The van der Waals surface area contributed by atoms with Gasteiger partial charge in [0.1, 0.15) is 6.33 Å². The summed E-state index contributed by atoms with van der Waals surface area (Å²) in [6, 6.07) is 3.24. The molecule has 5 heterocycles. The highest BCUT2D eigenvalue weighted by atomic mass is 32.2. The summed E-state index contributed by atoms with van der Waals surface area (Å²) in [6.45, 7) is 1.26. The van der Waals surface area contributed by atoms with Crippen LogP contribution >= 0.6 is 0 Å². The van der Waals surface area contributed by atoms with Gasteiger partial charge in [0.2, 0.25) is 15.9 Å². The highest BCUT2D eigenvalue weighted by Crippen LogP contribution is 2.29. The molecule has 3 fully saturated rings. The summed E-state index contributed by atoms with van der Waals surface area (Å²) < 4.78 is 32.3. The Morgan fingerprint density at radius 3 is 2.92 bits per heavy atom. The molecule has 1 amide bonds. The molecule has 26 heavy (non-hydrogen) atoms. The zero-order chi connectivity index (χ0) is 18.3. The summed E-state index contributed by atoms with van der Waals surface area (Å²) in [5.74, 6) is 0.322. The molecule has 11 heteroatoms. The number of sulfonamides is 1. The molecular formula is C15H20N6O4S. The minimum Gasteiger partial charge on any atom is -0.467 e. The van der Waals surface area contributed by atoms with Gasteiger partial charge >= 0.3 is 0 Å². The summed E-state index contributed by atoms with van der Waals surface area (Å²) >= 11 is 0. The normalized spacial score (nSPS) is 24.0. The number of piperidine rings is 1. The molecule has 0 aliphatic carbocycles. The number of hydrogen-bond acceptors (Lipinski definition) is 7. The molecule has 0 N–H and O–H groups in total. The number of nitrogens with zero attached hydrogens (tertiary/aromatic N) is 6. The monoisotopic (exact) mass is 380 g/mol. The van der Waals surface area contributed by atoms with E-state index in [2.05, 4.69) is 15.3 Å². The first kappa shape index (κ1) is 17.2. The zero-order valence-electron chi connectivity index (χ0n) is 14.4. The highest BCUT2D eigenvalue weighted by Gasteiger charge is 2.39. The Bertz CT molecular complexity index is 929. The molecule has 0 spiro atoms. The minimum absolute atomic E-state index is 0.104. The summed E-state index contributed by atoms with van der Waals surface area (Å²) in [5, 5.41) is 11.8. The number of fused-ring (bicyclic) bond motifs is 5. The standard InChI is InChI=1S/C15H20N6O4S/c1-26(23,24)19-6-11-2-3-12(8-19)20(7-11)15(22)9-25-14-5-4-13-17-16-10-21(13)18-14/h4-5,10-12H,2-3,6-9H2,1H3/t11-,12+/m0/s1. The van der Waals surface area contributed by atoms with Crippen molar-refractivity contribution in [3.05, 3.63) is 18.5 Å². The van der Waals surface area contributed by atoms with Crippen LogP contribution in [0, 0.1) is 5.92 Å². The molecule has 0 radical (unpaired) electrons. The lowest BCUT2D eigenvalue weighted by Crippen LogP contribution is -2.49. The second-order valence-electron chi connectivity index (χ2n) is 6.82. The second kappa shape index (κ2) is 6.47. The number of carbonyl (C=O) groups is 1. The van der Waals surface area contributed by atoms with E-state index in [1.165, 1.54) is 21.4 Å². The quantitative estimate of drug-likeness (QED) is 0.695. The van der Waals surface area contributed by atoms with Crippen molar-refractivity contribution < 1.29 is 17.9 Å². The van der Waals surface area contributed by atoms with Crippen molar-refractivity contribution in [3.8, 4) is 5.88 Å². The number of aromatic nitrogens is 4. The van der Waals surface area contributed by atoms with E-state index in [0.29, 0.717) is 31.2 Å². The van der Waals surface area contributed by atoms with Crippen LogP contribution < -0.4 is 4.74 Å². The average Bonchev–Trinajstić information content (AvgIpc) is 2.85. The lowest BCUT2D eigenvalue weighted by Gasteiger charge is -2.36. The van der Waals surface area contributed by atoms with Crippen LogP contribution in [-0.4, -0.2) is 81.9 Å². The number of amides is 1. The van der Waals surface area contributed by atoms with E-state index in [4.69, 9.17) is 4.74 Å². The molecule has 140 valence electrons. The summed E-state index contributed by atoms with van der Waals surface area (Å²) in [7, 11) is -3.26. The zero-order valence-corrected chi connectivity index (χ0v) is 15.2. The average molecular weight is 380 g/mol. The van der Waals surface area contributed by atoms with Gasteiger partial charge in [-0.05, 0) is 24.8 Å². The molecule has 0 saturated carbocycles. The molecule has 3 aliphatic heterocycles. The summed E-state index contributed by atoms with van der Waals surface area (Å²) in [6.07, 6.45) is 4.43. The Morgan fingerprint density at radius 1 is 1.27 bits per heavy atom. The number of ether oxygens (including phenoxy) is 1. The number of hydrogen-bond donors (Lipinski definition) is 0. The molecule has 2 aromatic heterocycles. The fourth-order valence-corrected chi connectivity index (χ4v) is 4.55. The van der Waals surface area contributed by atoms with E-state index in [1.807, 2.05) is 0 Å². The molecule has 0 unspecified atom stereocenters. The van der Waals surface area contributed by atoms with Crippen LogP contribution in [0.4, 0.5) is 0 Å². The minimum atomic E-state index is -3.26. The van der Waals surface area contributed by atoms with E-state index >= 15 is 0 Å². The van der Waals surface area contributed by atoms with Gasteiger partial charge in [0, 0.05) is 31.7 Å². The maximum Gasteiger partial charge on any atom is 0.260 e. The third-order valence-corrected chi connectivity index (χ3v) is 6.19. The Kier molecular flexibility index (Phi) is 4.27.